The first-order valence-corrected chi connectivity index (χ1v) is 3.62. The second-order valence-electron chi connectivity index (χ2n) is 2.16. The second kappa shape index (κ2) is 2.93. The zero-order valence-corrected chi connectivity index (χ0v) is 6.78. The van der Waals surface area contributed by atoms with Crippen LogP contribution in [0.5, 0.6) is 0 Å². The lowest BCUT2D eigenvalue weighted by Crippen LogP contribution is -2.43. The zero-order valence-electron chi connectivity index (χ0n) is 5.27. The minimum absolute atomic E-state index is 0.531. The molecule has 0 fully saturated rings. The molecule has 10 heavy (non-hydrogen) atoms. The number of alkyl halides is 1. The molecule has 1 atom stereocenters. The van der Waals surface area contributed by atoms with E-state index < -0.39 is 5.00 Å². The zero-order chi connectivity index (χ0) is 7.61. The first-order chi connectivity index (χ1) is 4.66. The predicted octanol–water partition coefficient (Wildman–Crippen LogP) is 1.47. The molecule has 3 N–H and O–H groups in total. The highest BCUT2D eigenvalue weighted by atomic mass is 35.5. The van der Waals surface area contributed by atoms with Crippen LogP contribution in [-0.2, 0) is 0 Å². The minimum Gasteiger partial charge on any atom is -0.270 e. The molecule has 0 aliphatic heterocycles. The van der Waals surface area contributed by atoms with Crippen molar-refractivity contribution in [2.24, 2.45) is 5.84 Å². The van der Waals surface area contributed by atoms with E-state index in [2.05, 4.69) is 5.43 Å². The SMILES string of the molecule is NNC1(Cl)C=CC=C(Cl)C1. The van der Waals surface area contributed by atoms with Gasteiger partial charge in [0.05, 0.1) is 0 Å². The third kappa shape index (κ3) is 1.73. The summed E-state index contributed by atoms with van der Waals surface area (Å²) < 4.78 is 0. The Morgan fingerprint density at radius 2 is 2.40 bits per heavy atom. The number of hydrogen-bond acceptors (Lipinski definition) is 2. The molecular formula is C6H8Cl2N2. The molecule has 1 aliphatic carbocycles. The molecule has 0 amide bonds. The Kier molecular flexibility index (Phi) is 2.36. The molecule has 4 heteroatoms. The molecule has 0 aromatic rings. The largest absolute Gasteiger partial charge is 0.270 e. The standard InChI is InChI=1S/C6H8Cl2N2/c7-5-2-1-3-6(8,4-5)10-9/h1-3,10H,4,9H2. The first kappa shape index (κ1) is 8.08. The number of hydrazine groups is 1. The van der Waals surface area contributed by atoms with Gasteiger partial charge >= 0.3 is 0 Å². The van der Waals surface area contributed by atoms with Crippen LogP contribution in [0.2, 0.25) is 0 Å². The molecule has 1 unspecified atom stereocenters. The number of nitrogens with two attached hydrogens (primary N) is 1. The molecule has 0 heterocycles. The van der Waals surface area contributed by atoms with Crippen molar-refractivity contribution in [2.45, 2.75) is 11.4 Å². The van der Waals surface area contributed by atoms with Crippen LogP contribution in [0.15, 0.2) is 23.3 Å². The summed E-state index contributed by atoms with van der Waals surface area (Å²) in [5.74, 6) is 5.18. The fourth-order valence-corrected chi connectivity index (χ4v) is 1.34. The lowest BCUT2D eigenvalue weighted by Gasteiger charge is -2.23. The van der Waals surface area contributed by atoms with Gasteiger partial charge in [-0.2, -0.15) is 0 Å². The van der Waals surface area contributed by atoms with Crippen LogP contribution in [0.3, 0.4) is 0 Å². The Bertz CT molecular complexity index is 188. The van der Waals surface area contributed by atoms with Crippen LogP contribution in [0.4, 0.5) is 0 Å². The van der Waals surface area contributed by atoms with Crippen molar-refractivity contribution < 1.29 is 0 Å². The molecule has 0 saturated carbocycles. The van der Waals surface area contributed by atoms with Crippen molar-refractivity contribution in [1.29, 1.82) is 0 Å². The van der Waals surface area contributed by atoms with Crippen LogP contribution >= 0.6 is 23.2 Å². The normalized spacial score (nSPS) is 32.1. The fraction of sp³-hybridized carbons (Fsp3) is 0.333. The Hall–Kier alpha value is -0.0200. The number of halogens is 2. The smallest absolute Gasteiger partial charge is 0.129 e. The summed E-state index contributed by atoms with van der Waals surface area (Å²) in [6.45, 7) is 0. The van der Waals surface area contributed by atoms with E-state index in [9.17, 15) is 0 Å². The Balaban J connectivity index is 2.71. The first-order valence-electron chi connectivity index (χ1n) is 2.87. The van der Waals surface area contributed by atoms with Gasteiger partial charge in [0.15, 0.2) is 0 Å². The van der Waals surface area contributed by atoms with Crippen molar-refractivity contribution >= 4 is 23.2 Å². The number of allylic oxidation sites excluding steroid dienone is 2. The molecule has 2 nitrogen and oxygen atoms in total. The van der Waals surface area contributed by atoms with E-state index in [1.54, 1.807) is 18.2 Å². The van der Waals surface area contributed by atoms with E-state index in [1.165, 1.54) is 0 Å². The van der Waals surface area contributed by atoms with Gasteiger partial charge in [0.2, 0.25) is 0 Å². The highest BCUT2D eigenvalue weighted by Gasteiger charge is 2.24. The monoisotopic (exact) mass is 178 g/mol. The number of hydrogen-bond donors (Lipinski definition) is 2. The summed E-state index contributed by atoms with van der Waals surface area (Å²) in [5.41, 5.74) is 2.46. The van der Waals surface area contributed by atoms with Crippen molar-refractivity contribution in [1.82, 2.24) is 5.43 Å². The van der Waals surface area contributed by atoms with E-state index in [4.69, 9.17) is 29.0 Å². The van der Waals surface area contributed by atoms with Crippen molar-refractivity contribution in [3.05, 3.63) is 23.3 Å². The van der Waals surface area contributed by atoms with Gasteiger partial charge in [0.25, 0.3) is 0 Å². The van der Waals surface area contributed by atoms with E-state index in [1.807, 2.05) is 0 Å². The third-order valence-electron chi connectivity index (χ3n) is 1.30. The summed E-state index contributed by atoms with van der Waals surface area (Å²) in [5, 5.41) is 0.704. The van der Waals surface area contributed by atoms with Crippen molar-refractivity contribution in [3.63, 3.8) is 0 Å². The lowest BCUT2D eigenvalue weighted by atomic mass is 10.1. The van der Waals surface area contributed by atoms with Gasteiger partial charge in [-0.1, -0.05) is 29.3 Å². The summed E-state index contributed by atoms with van der Waals surface area (Å²) >= 11 is 11.6. The lowest BCUT2D eigenvalue weighted by molar-refractivity contribution is 0.557. The molecule has 0 aromatic heterocycles. The molecule has 1 aliphatic rings. The fourth-order valence-electron chi connectivity index (χ4n) is 0.768. The van der Waals surface area contributed by atoms with E-state index in [0.717, 1.165) is 0 Å². The van der Waals surface area contributed by atoms with Crippen LogP contribution in [0.1, 0.15) is 6.42 Å². The van der Waals surface area contributed by atoms with Crippen LogP contribution in [0.25, 0.3) is 0 Å². The molecule has 0 radical (unpaired) electrons. The average molecular weight is 179 g/mol. The Morgan fingerprint density at radius 1 is 1.70 bits per heavy atom. The molecule has 1 rings (SSSR count). The van der Waals surface area contributed by atoms with Gasteiger partial charge in [-0.25, -0.2) is 5.43 Å². The summed E-state index contributed by atoms with van der Waals surface area (Å²) in [6, 6.07) is 0. The van der Waals surface area contributed by atoms with Gasteiger partial charge in [0.1, 0.15) is 5.00 Å². The highest BCUT2D eigenvalue weighted by molar-refractivity contribution is 6.32. The van der Waals surface area contributed by atoms with Crippen LogP contribution < -0.4 is 11.3 Å². The predicted molar refractivity (Wildman–Crippen MR) is 43.6 cm³/mol. The Labute approximate surface area is 69.6 Å². The van der Waals surface area contributed by atoms with E-state index in [0.29, 0.717) is 11.5 Å². The minimum atomic E-state index is -0.689. The van der Waals surface area contributed by atoms with Crippen molar-refractivity contribution in [2.75, 3.05) is 0 Å². The van der Waals surface area contributed by atoms with E-state index in [-0.39, 0.29) is 0 Å². The van der Waals surface area contributed by atoms with Crippen LogP contribution in [0, 0.1) is 0 Å². The van der Waals surface area contributed by atoms with Gasteiger partial charge in [-0.3, -0.25) is 5.84 Å². The van der Waals surface area contributed by atoms with Gasteiger partial charge < -0.3 is 0 Å². The molecule has 0 bridgehead atoms. The van der Waals surface area contributed by atoms with Crippen LogP contribution in [-0.4, -0.2) is 5.00 Å². The van der Waals surface area contributed by atoms with Gasteiger partial charge in [-0.05, 0) is 12.2 Å². The maximum absolute atomic E-state index is 5.91. The Morgan fingerprint density at radius 3 is 2.80 bits per heavy atom. The molecule has 56 valence electrons. The second-order valence-corrected chi connectivity index (χ2v) is 3.32. The van der Waals surface area contributed by atoms with Crippen molar-refractivity contribution in [3.8, 4) is 0 Å². The topological polar surface area (TPSA) is 38.0 Å². The molecular weight excluding hydrogens is 171 g/mol. The third-order valence-corrected chi connectivity index (χ3v) is 1.93. The summed E-state index contributed by atoms with van der Waals surface area (Å²) in [4.78, 5) is -0.689. The maximum Gasteiger partial charge on any atom is 0.129 e. The maximum atomic E-state index is 5.91. The number of rotatable bonds is 1. The molecule has 0 aromatic carbocycles. The quantitative estimate of drug-likeness (QED) is 0.277. The summed E-state index contributed by atoms with van der Waals surface area (Å²) in [7, 11) is 0. The van der Waals surface area contributed by atoms with Gasteiger partial charge in [-0.15, -0.1) is 0 Å². The van der Waals surface area contributed by atoms with E-state index >= 15 is 0 Å². The molecule has 0 spiro atoms. The molecule has 0 saturated heterocycles. The number of nitrogens with one attached hydrogen (secondary N) is 1. The average Bonchev–Trinajstić information content (AvgIpc) is 1.88. The summed E-state index contributed by atoms with van der Waals surface area (Å²) in [6.07, 6.45) is 5.86. The van der Waals surface area contributed by atoms with Gasteiger partial charge in [0, 0.05) is 11.5 Å². The highest BCUT2D eigenvalue weighted by Crippen LogP contribution is 2.27.